The maximum atomic E-state index is 9.24. The van der Waals surface area contributed by atoms with Crippen molar-refractivity contribution in [1.82, 2.24) is 19.8 Å². The average Bonchev–Trinajstić information content (AvgIpc) is 2.82. The van der Waals surface area contributed by atoms with Crippen LogP contribution in [0.1, 0.15) is 5.56 Å². The van der Waals surface area contributed by atoms with Crippen LogP contribution in [0, 0.1) is 11.3 Å². The van der Waals surface area contributed by atoms with E-state index in [0.29, 0.717) is 16.9 Å². The van der Waals surface area contributed by atoms with Gasteiger partial charge in [0.15, 0.2) is 5.65 Å². The van der Waals surface area contributed by atoms with Crippen molar-refractivity contribution in [3.63, 3.8) is 0 Å². The Morgan fingerprint density at radius 2 is 2.00 bits per heavy atom. The van der Waals surface area contributed by atoms with Crippen molar-refractivity contribution in [1.29, 1.82) is 5.26 Å². The predicted molar refractivity (Wildman–Crippen MR) is 62.6 cm³/mol. The summed E-state index contributed by atoms with van der Waals surface area (Å²) in [5.41, 5.74) is 2.41. The first kappa shape index (κ1) is 10.2. The highest BCUT2D eigenvalue weighted by molar-refractivity contribution is 5.73. The van der Waals surface area contributed by atoms with Gasteiger partial charge in [0.2, 0.25) is 0 Å². The monoisotopic (exact) mass is 237 g/mol. The van der Waals surface area contributed by atoms with E-state index in [2.05, 4.69) is 15.3 Å². The van der Waals surface area contributed by atoms with Crippen LogP contribution in [-0.4, -0.2) is 24.9 Å². The van der Waals surface area contributed by atoms with E-state index in [0.717, 1.165) is 5.56 Å². The number of benzene rings is 1. The third-order valence-corrected chi connectivity index (χ3v) is 2.53. The summed E-state index contributed by atoms with van der Waals surface area (Å²) in [6.45, 7) is 0. The second kappa shape index (κ2) is 3.82. The lowest BCUT2D eigenvalue weighted by atomic mass is 10.1. The molecule has 3 aromatic rings. The Morgan fingerprint density at radius 3 is 2.72 bits per heavy atom. The minimum Gasteiger partial charge on any atom is -0.508 e. The van der Waals surface area contributed by atoms with Crippen molar-refractivity contribution >= 4 is 5.65 Å². The van der Waals surface area contributed by atoms with Crippen LogP contribution in [0.25, 0.3) is 16.9 Å². The van der Waals surface area contributed by atoms with Crippen LogP contribution >= 0.6 is 0 Å². The number of phenols is 1. The van der Waals surface area contributed by atoms with Gasteiger partial charge in [0.25, 0.3) is 0 Å². The quantitative estimate of drug-likeness (QED) is 0.690. The molecule has 0 atom stereocenters. The lowest BCUT2D eigenvalue weighted by Gasteiger charge is -1.97. The van der Waals surface area contributed by atoms with Crippen molar-refractivity contribution < 1.29 is 5.11 Å². The molecule has 0 saturated heterocycles. The molecule has 1 aromatic carbocycles. The zero-order valence-corrected chi connectivity index (χ0v) is 9.15. The topological polar surface area (TPSA) is 87.1 Å². The number of aromatic nitrogens is 4. The molecule has 0 radical (unpaired) electrons. The number of nitrogens with zero attached hydrogens (tertiary/aromatic N) is 5. The molecule has 0 amide bonds. The summed E-state index contributed by atoms with van der Waals surface area (Å²) in [6, 6.07) is 8.61. The van der Waals surface area contributed by atoms with Crippen LogP contribution in [0.2, 0.25) is 0 Å². The maximum absolute atomic E-state index is 9.24. The molecule has 0 fully saturated rings. The Hall–Kier alpha value is -2.94. The molecule has 0 saturated carbocycles. The van der Waals surface area contributed by atoms with E-state index in [1.807, 2.05) is 6.07 Å². The fraction of sp³-hybridized carbons (Fsp3) is 0. The van der Waals surface area contributed by atoms with E-state index in [-0.39, 0.29) is 5.75 Å². The fourth-order valence-electron chi connectivity index (χ4n) is 1.66. The number of aromatic hydroxyl groups is 1. The first-order valence-corrected chi connectivity index (χ1v) is 5.18. The molecular formula is C12H7N5O. The second-order valence-electron chi connectivity index (χ2n) is 3.71. The molecule has 2 heterocycles. The normalized spacial score (nSPS) is 10.4. The van der Waals surface area contributed by atoms with Gasteiger partial charge < -0.3 is 5.11 Å². The number of hydrogen-bond acceptors (Lipinski definition) is 5. The fourth-order valence-corrected chi connectivity index (χ4v) is 1.66. The number of fused-ring (bicyclic) bond motifs is 1. The minimum absolute atomic E-state index is 0.190. The highest BCUT2D eigenvalue weighted by Crippen LogP contribution is 2.22. The standard InChI is InChI=1S/C12H7N5O/c13-5-8-6-14-12-11(15-16-17(12)7-8)9-1-3-10(18)4-2-9/h1-4,6-7,18H. The first-order valence-electron chi connectivity index (χ1n) is 5.18. The van der Waals surface area contributed by atoms with E-state index in [1.54, 1.807) is 30.5 Å². The zero-order chi connectivity index (χ0) is 12.5. The summed E-state index contributed by atoms with van der Waals surface area (Å²) < 4.78 is 1.46. The van der Waals surface area contributed by atoms with Crippen molar-refractivity contribution in [2.45, 2.75) is 0 Å². The Balaban J connectivity index is 2.19. The molecule has 0 bridgehead atoms. The van der Waals surface area contributed by atoms with Gasteiger partial charge in [-0.2, -0.15) is 5.26 Å². The predicted octanol–water partition coefficient (Wildman–Crippen LogP) is 1.37. The van der Waals surface area contributed by atoms with Gasteiger partial charge in [-0.05, 0) is 24.3 Å². The Morgan fingerprint density at radius 1 is 1.22 bits per heavy atom. The number of rotatable bonds is 1. The smallest absolute Gasteiger partial charge is 0.183 e. The molecular weight excluding hydrogens is 230 g/mol. The molecule has 6 nitrogen and oxygen atoms in total. The minimum atomic E-state index is 0.190. The van der Waals surface area contributed by atoms with Crippen LogP contribution < -0.4 is 0 Å². The Kier molecular flexibility index (Phi) is 2.17. The molecule has 18 heavy (non-hydrogen) atoms. The third-order valence-electron chi connectivity index (χ3n) is 2.53. The van der Waals surface area contributed by atoms with E-state index < -0.39 is 0 Å². The summed E-state index contributed by atoms with van der Waals surface area (Å²) in [5, 5.41) is 26.0. The maximum Gasteiger partial charge on any atom is 0.183 e. The van der Waals surface area contributed by atoms with Gasteiger partial charge in [-0.1, -0.05) is 5.21 Å². The van der Waals surface area contributed by atoms with E-state index >= 15 is 0 Å². The lowest BCUT2D eigenvalue weighted by molar-refractivity contribution is 0.475. The molecule has 1 N–H and O–H groups in total. The molecule has 3 rings (SSSR count). The number of phenolic OH excluding ortho intramolecular Hbond substituents is 1. The van der Waals surface area contributed by atoms with Crippen LogP contribution in [0.5, 0.6) is 5.75 Å². The average molecular weight is 237 g/mol. The Labute approximate surface area is 102 Å². The summed E-state index contributed by atoms with van der Waals surface area (Å²) in [6.07, 6.45) is 3.04. The molecule has 0 aliphatic carbocycles. The van der Waals surface area contributed by atoms with Gasteiger partial charge in [0.1, 0.15) is 17.5 Å². The first-order chi connectivity index (χ1) is 8.78. The largest absolute Gasteiger partial charge is 0.508 e. The molecule has 86 valence electrons. The molecule has 6 heteroatoms. The van der Waals surface area contributed by atoms with E-state index in [1.165, 1.54) is 10.7 Å². The molecule has 0 aliphatic rings. The van der Waals surface area contributed by atoms with Crippen molar-refractivity contribution in [2.24, 2.45) is 0 Å². The molecule has 0 aliphatic heterocycles. The van der Waals surface area contributed by atoms with Gasteiger partial charge >= 0.3 is 0 Å². The summed E-state index contributed by atoms with van der Waals surface area (Å²) in [7, 11) is 0. The lowest BCUT2D eigenvalue weighted by Crippen LogP contribution is -1.91. The summed E-state index contributed by atoms with van der Waals surface area (Å²) in [5.74, 6) is 0.190. The van der Waals surface area contributed by atoms with Crippen LogP contribution in [0.15, 0.2) is 36.7 Å². The second-order valence-corrected chi connectivity index (χ2v) is 3.71. The van der Waals surface area contributed by atoms with Crippen molar-refractivity contribution in [3.05, 3.63) is 42.2 Å². The highest BCUT2D eigenvalue weighted by atomic mass is 16.3. The summed E-state index contributed by atoms with van der Waals surface area (Å²) in [4.78, 5) is 4.16. The van der Waals surface area contributed by atoms with Crippen LogP contribution in [0.3, 0.4) is 0 Å². The van der Waals surface area contributed by atoms with Gasteiger partial charge in [0.05, 0.1) is 11.8 Å². The van der Waals surface area contributed by atoms with E-state index in [4.69, 9.17) is 5.26 Å². The Bertz CT molecular complexity index is 754. The molecule has 2 aromatic heterocycles. The van der Waals surface area contributed by atoms with Gasteiger partial charge in [-0.3, -0.25) is 0 Å². The van der Waals surface area contributed by atoms with Crippen molar-refractivity contribution in [2.75, 3.05) is 0 Å². The third kappa shape index (κ3) is 1.55. The highest BCUT2D eigenvalue weighted by Gasteiger charge is 2.10. The van der Waals surface area contributed by atoms with Gasteiger partial charge in [-0.25, -0.2) is 9.50 Å². The van der Waals surface area contributed by atoms with Crippen LogP contribution in [0.4, 0.5) is 0 Å². The number of hydrogen-bond donors (Lipinski definition) is 1. The van der Waals surface area contributed by atoms with Crippen LogP contribution in [-0.2, 0) is 0 Å². The van der Waals surface area contributed by atoms with Gasteiger partial charge in [0, 0.05) is 11.8 Å². The number of nitriles is 1. The zero-order valence-electron chi connectivity index (χ0n) is 9.15. The SMILES string of the molecule is N#Cc1cnc2c(-c3ccc(O)cc3)nnn2c1. The van der Waals surface area contributed by atoms with E-state index in [9.17, 15) is 5.11 Å². The molecule has 0 unspecified atom stereocenters. The van der Waals surface area contributed by atoms with Gasteiger partial charge in [-0.15, -0.1) is 5.10 Å². The molecule has 0 spiro atoms. The summed E-state index contributed by atoms with van der Waals surface area (Å²) >= 11 is 0. The van der Waals surface area contributed by atoms with Crippen molar-refractivity contribution in [3.8, 4) is 23.1 Å².